The summed E-state index contributed by atoms with van der Waals surface area (Å²) in [6.07, 6.45) is 0.933. The Morgan fingerprint density at radius 1 is 1.67 bits per heavy atom. The molecule has 1 atom stereocenters. The SMILES string of the molecule is CCC(C)C(=O)N1CC(CN)C1. The molecule has 0 saturated carbocycles. The molecule has 0 spiro atoms. The highest BCUT2D eigenvalue weighted by molar-refractivity contribution is 5.79. The number of likely N-dealkylation sites (tertiary alicyclic amines) is 1. The maximum absolute atomic E-state index is 11.5. The first-order valence-electron chi connectivity index (χ1n) is 4.67. The van der Waals surface area contributed by atoms with Crippen molar-refractivity contribution >= 4 is 5.91 Å². The van der Waals surface area contributed by atoms with E-state index in [2.05, 4.69) is 0 Å². The van der Waals surface area contributed by atoms with Crippen LogP contribution in [-0.4, -0.2) is 30.4 Å². The molecule has 0 aromatic heterocycles. The summed E-state index contributed by atoms with van der Waals surface area (Å²) < 4.78 is 0. The van der Waals surface area contributed by atoms with E-state index >= 15 is 0 Å². The molecule has 0 aliphatic carbocycles. The summed E-state index contributed by atoms with van der Waals surface area (Å²) in [6, 6.07) is 0. The lowest BCUT2D eigenvalue weighted by molar-refractivity contribution is -0.141. The van der Waals surface area contributed by atoms with Crippen LogP contribution in [0.1, 0.15) is 20.3 Å². The lowest BCUT2D eigenvalue weighted by atomic mass is 9.97. The number of carbonyl (C=O) groups excluding carboxylic acids is 1. The van der Waals surface area contributed by atoms with E-state index in [1.54, 1.807) is 0 Å². The number of hydrogen-bond donors (Lipinski definition) is 1. The van der Waals surface area contributed by atoms with Gasteiger partial charge in [-0.3, -0.25) is 4.79 Å². The summed E-state index contributed by atoms with van der Waals surface area (Å²) in [5, 5.41) is 0. The van der Waals surface area contributed by atoms with E-state index in [-0.39, 0.29) is 5.92 Å². The van der Waals surface area contributed by atoms with Crippen LogP contribution in [0.5, 0.6) is 0 Å². The second-order valence-electron chi connectivity index (χ2n) is 3.65. The first-order valence-corrected chi connectivity index (χ1v) is 4.67. The monoisotopic (exact) mass is 170 g/mol. The fraction of sp³-hybridized carbons (Fsp3) is 0.889. The average Bonchev–Trinajstić information content (AvgIpc) is 2.01. The zero-order chi connectivity index (χ0) is 9.14. The smallest absolute Gasteiger partial charge is 0.225 e. The lowest BCUT2D eigenvalue weighted by Crippen LogP contribution is -2.53. The maximum Gasteiger partial charge on any atom is 0.225 e. The van der Waals surface area contributed by atoms with Crippen LogP contribution < -0.4 is 5.73 Å². The second-order valence-corrected chi connectivity index (χ2v) is 3.65. The molecule has 12 heavy (non-hydrogen) atoms. The van der Waals surface area contributed by atoms with Gasteiger partial charge in [-0.15, -0.1) is 0 Å². The zero-order valence-corrected chi connectivity index (χ0v) is 7.92. The molecule has 70 valence electrons. The van der Waals surface area contributed by atoms with E-state index < -0.39 is 0 Å². The van der Waals surface area contributed by atoms with Gasteiger partial charge in [0, 0.05) is 24.9 Å². The predicted octanol–water partition coefficient (Wildman–Crippen LogP) is 0.450. The Labute approximate surface area is 73.9 Å². The Bertz CT molecular complexity index is 164. The van der Waals surface area contributed by atoms with Crippen LogP contribution in [0.3, 0.4) is 0 Å². The summed E-state index contributed by atoms with van der Waals surface area (Å²) in [5.74, 6) is 1.03. The standard InChI is InChI=1S/C9H18N2O/c1-3-7(2)9(12)11-5-8(4-10)6-11/h7-8H,3-6,10H2,1-2H3. The highest BCUT2D eigenvalue weighted by atomic mass is 16.2. The summed E-state index contributed by atoms with van der Waals surface area (Å²) in [5.41, 5.74) is 5.47. The summed E-state index contributed by atoms with van der Waals surface area (Å²) >= 11 is 0. The van der Waals surface area contributed by atoms with Crippen LogP contribution in [-0.2, 0) is 4.79 Å². The first-order chi connectivity index (χ1) is 5.69. The average molecular weight is 170 g/mol. The summed E-state index contributed by atoms with van der Waals surface area (Å²) in [7, 11) is 0. The van der Waals surface area contributed by atoms with Crippen LogP contribution in [0, 0.1) is 11.8 Å². The lowest BCUT2D eigenvalue weighted by Gasteiger charge is -2.40. The molecule has 0 aromatic rings. The molecule has 2 N–H and O–H groups in total. The molecular weight excluding hydrogens is 152 g/mol. The summed E-state index contributed by atoms with van der Waals surface area (Å²) in [4.78, 5) is 13.4. The number of rotatable bonds is 3. The van der Waals surface area contributed by atoms with Crippen molar-refractivity contribution in [3.05, 3.63) is 0 Å². The van der Waals surface area contributed by atoms with Gasteiger partial charge in [0.2, 0.25) is 5.91 Å². The summed E-state index contributed by atoms with van der Waals surface area (Å²) in [6.45, 7) is 6.49. The Balaban J connectivity index is 2.28. The minimum Gasteiger partial charge on any atom is -0.342 e. The number of nitrogens with two attached hydrogens (primary N) is 1. The minimum atomic E-state index is 0.184. The third-order valence-electron chi connectivity index (χ3n) is 2.64. The van der Waals surface area contributed by atoms with E-state index in [4.69, 9.17) is 5.73 Å². The Kier molecular flexibility index (Phi) is 3.09. The molecule has 3 nitrogen and oxygen atoms in total. The van der Waals surface area contributed by atoms with E-state index in [1.807, 2.05) is 18.7 Å². The normalized spacial score (nSPS) is 20.4. The van der Waals surface area contributed by atoms with Crippen LogP contribution in [0.15, 0.2) is 0 Å². The van der Waals surface area contributed by atoms with Gasteiger partial charge in [0.25, 0.3) is 0 Å². The van der Waals surface area contributed by atoms with Gasteiger partial charge in [-0.2, -0.15) is 0 Å². The topological polar surface area (TPSA) is 46.3 Å². The van der Waals surface area contributed by atoms with Crippen LogP contribution in [0.4, 0.5) is 0 Å². The quantitative estimate of drug-likeness (QED) is 0.668. The molecule has 1 amide bonds. The molecule has 0 bridgehead atoms. The van der Waals surface area contributed by atoms with E-state index in [0.29, 0.717) is 18.4 Å². The number of amides is 1. The number of hydrogen-bond acceptors (Lipinski definition) is 2. The Hall–Kier alpha value is -0.570. The third-order valence-corrected chi connectivity index (χ3v) is 2.64. The largest absolute Gasteiger partial charge is 0.342 e. The van der Waals surface area contributed by atoms with Gasteiger partial charge in [-0.25, -0.2) is 0 Å². The third kappa shape index (κ3) is 1.78. The van der Waals surface area contributed by atoms with Crippen molar-refractivity contribution in [2.75, 3.05) is 19.6 Å². The second kappa shape index (κ2) is 3.90. The molecule has 1 heterocycles. The van der Waals surface area contributed by atoms with Gasteiger partial charge in [0.1, 0.15) is 0 Å². The van der Waals surface area contributed by atoms with Gasteiger partial charge in [0.15, 0.2) is 0 Å². The van der Waals surface area contributed by atoms with Crippen LogP contribution >= 0.6 is 0 Å². The van der Waals surface area contributed by atoms with Gasteiger partial charge >= 0.3 is 0 Å². The predicted molar refractivity (Wildman–Crippen MR) is 48.6 cm³/mol. The molecule has 0 aromatic carbocycles. The van der Waals surface area contributed by atoms with Crippen molar-refractivity contribution < 1.29 is 4.79 Å². The molecule has 1 rings (SSSR count). The molecule has 3 heteroatoms. The van der Waals surface area contributed by atoms with E-state index in [1.165, 1.54) is 0 Å². The molecule has 1 fully saturated rings. The molecule has 0 radical (unpaired) electrons. The van der Waals surface area contributed by atoms with Crippen molar-refractivity contribution in [3.8, 4) is 0 Å². The van der Waals surface area contributed by atoms with Crippen molar-refractivity contribution in [2.24, 2.45) is 17.6 Å². The highest BCUT2D eigenvalue weighted by Crippen LogP contribution is 2.18. The molecule has 1 aliphatic heterocycles. The molecule has 1 aliphatic rings. The first kappa shape index (κ1) is 9.52. The number of carbonyl (C=O) groups is 1. The maximum atomic E-state index is 11.5. The van der Waals surface area contributed by atoms with Crippen molar-refractivity contribution in [3.63, 3.8) is 0 Å². The number of nitrogens with zero attached hydrogens (tertiary/aromatic N) is 1. The van der Waals surface area contributed by atoms with Crippen molar-refractivity contribution in [1.82, 2.24) is 4.90 Å². The molecular formula is C9H18N2O. The van der Waals surface area contributed by atoms with Gasteiger partial charge in [-0.05, 0) is 13.0 Å². The molecule has 1 saturated heterocycles. The minimum absolute atomic E-state index is 0.184. The van der Waals surface area contributed by atoms with Crippen LogP contribution in [0.2, 0.25) is 0 Å². The highest BCUT2D eigenvalue weighted by Gasteiger charge is 2.30. The van der Waals surface area contributed by atoms with Gasteiger partial charge in [-0.1, -0.05) is 13.8 Å². The zero-order valence-electron chi connectivity index (χ0n) is 7.92. The Morgan fingerprint density at radius 2 is 2.25 bits per heavy atom. The fourth-order valence-electron chi connectivity index (χ4n) is 1.39. The van der Waals surface area contributed by atoms with Crippen molar-refractivity contribution in [2.45, 2.75) is 20.3 Å². The van der Waals surface area contributed by atoms with Gasteiger partial charge < -0.3 is 10.6 Å². The van der Waals surface area contributed by atoms with Crippen molar-refractivity contribution in [1.29, 1.82) is 0 Å². The molecule has 1 unspecified atom stereocenters. The Morgan fingerprint density at radius 3 is 2.67 bits per heavy atom. The van der Waals surface area contributed by atoms with Gasteiger partial charge in [0.05, 0.1) is 0 Å². The van der Waals surface area contributed by atoms with E-state index in [9.17, 15) is 4.79 Å². The van der Waals surface area contributed by atoms with Crippen LogP contribution in [0.25, 0.3) is 0 Å². The fourth-order valence-corrected chi connectivity index (χ4v) is 1.39. The van der Waals surface area contributed by atoms with E-state index in [0.717, 1.165) is 19.5 Å².